The van der Waals surface area contributed by atoms with Gasteiger partial charge in [0.15, 0.2) is 0 Å². The Bertz CT molecular complexity index is 1120. The Morgan fingerprint density at radius 3 is 2.76 bits per heavy atom. The number of aromatic nitrogens is 1. The summed E-state index contributed by atoms with van der Waals surface area (Å²) >= 11 is 5.89. The smallest absolute Gasteiger partial charge is 0.227 e. The second kappa shape index (κ2) is 8.06. The van der Waals surface area contributed by atoms with E-state index in [0.717, 1.165) is 16.6 Å². The van der Waals surface area contributed by atoms with Crippen molar-refractivity contribution < 1.29 is 9.18 Å². The van der Waals surface area contributed by atoms with Crippen LogP contribution in [0.1, 0.15) is 18.4 Å². The van der Waals surface area contributed by atoms with Crippen LogP contribution in [-0.4, -0.2) is 24.0 Å². The molecule has 1 aliphatic heterocycles. The van der Waals surface area contributed by atoms with Gasteiger partial charge in [-0.2, -0.15) is 5.26 Å². The number of anilines is 2. The van der Waals surface area contributed by atoms with Gasteiger partial charge in [0.05, 0.1) is 22.5 Å². The maximum Gasteiger partial charge on any atom is 0.227 e. The Balaban J connectivity index is 1.50. The van der Waals surface area contributed by atoms with Crippen molar-refractivity contribution in [2.75, 3.05) is 23.3 Å². The van der Waals surface area contributed by atoms with Gasteiger partial charge in [-0.1, -0.05) is 29.8 Å². The van der Waals surface area contributed by atoms with Gasteiger partial charge in [-0.25, -0.2) is 4.39 Å². The molecule has 0 radical (unpaired) electrons. The Morgan fingerprint density at radius 2 is 2.00 bits per heavy atom. The number of para-hydroxylation sites is 1. The second-order valence-corrected chi connectivity index (χ2v) is 7.46. The summed E-state index contributed by atoms with van der Waals surface area (Å²) in [7, 11) is 0. The molecule has 4 rings (SSSR count). The summed E-state index contributed by atoms with van der Waals surface area (Å²) in [5.41, 5.74) is 2.31. The number of benzene rings is 2. The van der Waals surface area contributed by atoms with Crippen molar-refractivity contribution in [3.05, 3.63) is 65.1 Å². The molecule has 0 saturated carbocycles. The van der Waals surface area contributed by atoms with Crippen molar-refractivity contribution in [2.24, 2.45) is 5.92 Å². The summed E-state index contributed by atoms with van der Waals surface area (Å²) in [6, 6.07) is 14.0. The Kier molecular flexibility index (Phi) is 5.32. The van der Waals surface area contributed by atoms with E-state index in [1.54, 1.807) is 6.20 Å². The monoisotopic (exact) mass is 408 g/mol. The molecular weight excluding hydrogens is 391 g/mol. The molecule has 3 aromatic rings. The first-order chi connectivity index (χ1) is 14.1. The van der Waals surface area contributed by atoms with E-state index in [1.165, 1.54) is 18.2 Å². The number of nitrogens with zero attached hydrogens (tertiary/aromatic N) is 3. The van der Waals surface area contributed by atoms with Gasteiger partial charge in [0.1, 0.15) is 11.9 Å². The lowest BCUT2D eigenvalue weighted by Gasteiger charge is -2.34. The molecular formula is C22H18ClFN4O. The van der Waals surface area contributed by atoms with Crippen molar-refractivity contribution >= 4 is 39.8 Å². The number of nitriles is 1. The van der Waals surface area contributed by atoms with Crippen LogP contribution in [0, 0.1) is 23.1 Å². The van der Waals surface area contributed by atoms with Gasteiger partial charge in [0, 0.05) is 35.6 Å². The minimum absolute atomic E-state index is 0.0943. The van der Waals surface area contributed by atoms with E-state index in [9.17, 15) is 14.4 Å². The first-order valence-electron chi connectivity index (χ1n) is 9.35. The molecule has 0 atom stereocenters. The highest BCUT2D eigenvalue weighted by atomic mass is 35.5. The minimum Gasteiger partial charge on any atom is -0.370 e. The molecule has 2 aromatic carbocycles. The molecule has 2 heterocycles. The number of hydrogen-bond donors (Lipinski definition) is 1. The summed E-state index contributed by atoms with van der Waals surface area (Å²) in [6.45, 7) is 1.25. The number of nitrogens with one attached hydrogen (secondary N) is 1. The summed E-state index contributed by atoms with van der Waals surface area (Å²) < 4.78 is 13.9. The number of pyridine rings is 1. The lowest BCUT2D eigenvalue weighted by molar-refractivity contribution is -0.120. The summed E-state index contributed by atoms with van der Waals surface area (Å²) in [6.07, 6.45) is 2.81. The molecule has 1 saturated heterocycles. The average Bonchev–Trinajstić information content (AvgIpc) is 2.75. The first kappa shape index (κ1) is 19.2. The van der Waals surface area contributed by atoms with Crippen LogP contribution in [0.5, 0.6) is 0 Å². The van der Waals surface area contributed by atoms with E-state index in [1.807, 2.05) is 24.3 Å². The van der Waals surface area contributed by atoms with E-state index in [0.29, 0.717) is 36.5 Å². The number of carbonyl (C=O) groups excluding carboxylic acids is 1. The topological polar surface area (TPSA) is 69.0 Å². The van der Waals surface area contributed by atoms with Crippen LogP contribution in [0.3, 0.4) is 0 Å². The van der Waals surface area contributed by atoms with Crippen molar-refractivity contribution in [3.8, 4) is 6.07 Å². The number of hydrogen-bond acceptors (Lipinski definition) is 4. The summed E-state index contributed by atoms with van der Waals surface area (Å²) in [5.74, 6) is -0.962. The van der Waals surface area contributed by atoms with Crippen LogP contribution in [-0.2, 0) is 4.79 Å². The normalized spacial score (nSPS) is 14.6. The van der Waals surface area contributed by atoms with Gasteiger partial charge in [-0.15, -0.1) is 0 Å². The summed E-state index contributed by atoms with van der Waals surface area (Å²) in [5, 5.41) is 13.5. The number of fused-ring (bicyclic) bond motifs is 1. The van der Waals surface area contributed by atoms with Gasteiger partial charge in [-0.05, 0) is 37.1 Å². The molecule has 1 fully saturated rings. The maximum atomic E-state index is 13.9. The SMILES string of the molecule is N#Cc1cnc2ccccc2c1N1CCC(C(=O)Nc2cc(Cl)ccc2F)CC1. The van der Waals surface area contributed by atoms with Crippen LogP contribution in [0.15, 0.2) is 48.7 Å². The number of piperidine rings is 1. The number of rotatable bonds is 3. The molecule has 0 spiro atoms. The van der Waals surface area contributed by atoms with Gasteiger partial charge in [0.2, 0.25) is 5.91 Å². The number of carbonyl (C=O) groups is 1. The molecule has 1 N–H and O–H groups in total. The van der Waals surface area contributed by atoms with Gasteiger partial charge in [0.25, 0.3) is 0 Å². The van der Waals surface area contributed by atoms with Crippen LogP contribution < -0.4 is 10.2 Å². The van der Waals surface area contributed by atoms with Gasteiger partial charge < -0.3 is 10.2 Å². The molecule has 1 amide bonds. The third-order valence-corrected chi connectivity index (χ3v) is 5.47. The fraction of sp³-hybridized carbons (Fsp3) is 0.227. The quantitative estimate of drug-likeness (QED) is 0.678. The van der Waals surface area contributed by atoms with E-state index in [2.05, 4.69) is 21.3 Å². The molecule has 7 heteroatoms. The van der Waals surface area contributed by atoms with Crippen molar-refractivity contribution in [1.29, 1.82) is 5.26 Å². The van der Waals surface area contributed by atoms with E-state index in [4.69, 9.17) is 11.6 Å². The largest absolute Gasteiger partial charge is 0.370 e. The van der Waals surface area contributed by atoms with Crippen LogP contribution >= 0.6 is 11.6 Å². The molecule has 1 aromatic heterocycles. The molecule has 0 aliphatic carbocycles. The fourth-order valence-corrected chi connectivity index (χ4v) is 3.91. The zero-order chi connectivity index (χ0) is 20.4. The standard InChI is InChI=1S/C22H18ClFN4O/c23-16-5-6-18(24)20(11-16)27-22(29)14-7-9-28(10-8-14)21-15(12-25)13-26-19-4-2-1-3-17(19)21/h1-6,11,13-14H,7-10H2,(H,27,29). The predicted octanol–water partition coefficient (Wildman–Crippen LogP) is 4.75. The third kappa shape index (κ3) is 3.87. The second-order valence-electron chi connectivity index (χ2n) is 7.02. The first-order valence-corrected chi connectivity index (χ1v) is 9.73. The van der Waals surface area contributed by atoms with E-state index in [-0.39, 0.29) is 17.5 Å². The van der Waals surface area contributed by atoms with E-state index < -0.39 is 5.82 Å². The van der Waals surface area contributed by atoms with Crippen LogP contribution in [0.4, 0.5) is 15.8 Å². The Hall–Kier alpha value is -3.17. The molecule has 5 nitrogen and oxygen atoms in total. The Morgan fingerprint density at radius 1 is 1.24 bits per heavy atom. The molecule has 1 aliphatic rings. The lowest BCUT2D eigenvalue weighted by Crippen LogP contribution is -2.38. The van der Waals surface area contributed by atoms with E-state index >= 15 is 0 Å². The molecule has 146 valence electrons. The fourth-order valence-electron chi connectivity index (χ4n) is 3.74. The lowest BCUT2D eigenvalue weighted by atomic mass is 9.94. The van der Waals surface area contributed by atoms with Gasteiger partial charge >= 0.3 is 0 Å². The highest BCUT2D eigenvalue weighted by molar-refractivity contribution is 6.30. The maximum absolute atomic E-state index is 13.9. The van der Waals surface area contributed by atoms with Crippen LogP contribution in [0.2, 0.25) is 5.02 Å². The molecule has 0 bridgehead atoms. The van der Waals surface area contributed by atoms with Crippen LogP contribution in [0.25, 0.3) is 10.9 Å². The van der Waals surface area contributed by atoms with Gasteiger partial charge in [-0.3, -0.25) is 9.78 Å². The highest BCUT2D eigenvalue weighted by Gasteiger charge is 2.27. The predicted molar refractivity (Wildman–Crippen MR) is 111 cm³/mol. The summed E-state index contributed by atoms with van der Waals surface area (Å²) in [4.78, 5) is 19.1. The van der Waals surface area contributed by atoms with Crippen molar-refractivity contribution in [1.82, 2.24) is 4.98 Å². The molecule has 29 heavy (non-hydrogen) atoms. The highest BCUT2D eigenvalue weighted by Crippen LogP contribution is 2.33. The molecule has 0 unspecified atom stereocenters. The zero-order valence-corrected chi connectivity index (χ0v) is 16.3. The van der Waals surface area contributed by atoms with Crippen molar-refractivity contribution in [3.63, 3.8) is 0 Å². The average molecular weight is 409 g/mol. The number of halogens is 2. The van der Waals surface area contributed by atoms with Crippen molar-refractivity contribution in [2.45, 2.75) is 12.8 Å². The zero-order valence-electron chi connectivity index (χ0n) is 15.5. The number of amides is 1. The Labute approximate surface area is 172 Å². The third-order valence-electron chi connectivity index (χ3n) is 5.24. The minimum atomic E-state index is -0.512.